The fourth-order valence-corrected chi connectivity index (χ4v) is 2.51. The zero-order chi connectivity index (χ0) is 15.0. The number of aryl methyl sites for hydroxylation is 1. The molecule has 1 aliphatic rings. The number of benzene rings is 1. The average Bonchev–Trinajstić information content (AvgIpc) is 3.24. The highest BCUT2D eigenvalue weighted by atomic mass is 35.5. The van der Waals surface area contributed by atoms with E-state index < -0.39 is 11.7 Å². The molecule has 1 aromatic heterocycles. The third-order valence-corrected chi connectivity index (χ3v) is 3.67. The topological polar surface area (TPSA) is 42.0 Å². The number of nitrogens with zero attached hydrogens (tertiary/aromatic N) is 1. The number of pyridine rings is 1. The van der Waals surface area contributed by atoms with Crippen molar-refractivity contribution in [2.45, 2.75) is 25.7 Å². The van der Waals surface area contributed by atoms with Crippen LogP contribution in [-0.4, -0.2) is 10.9 Å². The van der Waals surface area contributed by atoms with Crippen LogP contribution in [0.15, 0.2) is 30.3 Å². The molecule has 0 saturated heterocycles. The summed E-state index contributed by atoms with van der Waals surface area (Å²) < 4.78 is 14.0. The summed E-state index contributed by atoms with van der Waals surface area (Å²) in [6.45, 7) is 1.74. The summed E-state index contributed by atoms with van der Waals surface area (Å²) in [6, 6.07) is 8.04. The van der Waals surface area contributed by atoms with Crippen LogP contribution in [0.3, 0.4) is 0 Å². The first-order chi connectivity index (χ1) is 10.0. The first-order valence-corrected chi connectivity index (χ1v) is 7.16. The number of anilines is 1. The second kappa shape index (κ2) is 5.45. The van der Waals surface area contributed by atoms with Gasteiger partial charge in [-0.1, -0.05) is 17.7 Å². The maximum Gasteiger partial charge on any atom is 0.255 e. The quantitative estimate of drug-likeness (QED) is 0.858. The number of amides is 1. The van der Waals surface area contributed by atoms with Crippen molar-refractivity contribution < 1.29 is 9.18 Å². The van der Waals surface area contributed by atoms with Crippen LogP contribution in [0.5, 0.6) is 0 Å². The van der Waals surface area contributed by atoms with Gasteiger partial charge in [0.1, 0.15) is 11.0 Å². The molecule has 1 aliphatic carbocycles. The highest BCUT2D eigenvalue weighted by molar-refractivity contribution is 6.29. The predicted molar refractivity (Wildman–Crippen MR) is 80.3 cm³/mol. The number of hydrogen-bond acceptors (Lipinski definition) is 2. The standard InChI is InChI=1S/C16H14ClFN2O/c1-9-6-12(8-15(17)19-9)16(21)20-14-5-4-11(7-13(14)18)10-2-3-10/h4-8,10H,2-3H2,1H3,(H,20,21). The van der Waals surface area contributed by atoms with E-state index in [4.69, 9.17) is 11.6 Å². The highest BCUT2D eigenvalue weighted by Crippen LogP contribution is 2.40. The average molecular weight is 305 g/mol. The second-order valence-electron chi connectivity index (χ2n) is 5.29. The molecule has 1 saturated carbocycles. The Morgan fingerprint density at radius 1 is 1.33 bits per heavy atom. The van der Waals surface area contributed by atoms with E-state index in [2.05, 4.69) is 10.3 Å². The number of rotatable bonds is 3. The Bertz CT molecular complexity index is 693. The minimum absolute atomic E-state index is 0.176. The predicted octanol–water partition coefficient (Wildman–Crippen LogP) is 4.31. The smallest absolute Gasteiger partial charge is 0.255 e. The van der Waals surface area contributed by atoms with Gasteiger partial charge in [-0.2, -0.15) is 0 Å². The number of carbonyl (C=O) groups is 1. The molecule has 2 aromatic rings. The SMILES string of the molecule is Cc1cc(C(=O)Nc2ccc(C3CC3)cc2F)cc(Cl)n1. The van der Waals surface area contributed by atoms with Crippen LogP contribution in [0.1, 0.15) is 40.4 Å². The summed E-state index contributed by atoms with van der Waals surface area (Å²) in [4.78, 5) is 16.1. The summed E-state index contributed by atoms with van der Waals surface area (Å²) in [6.07, 6.45) is 2.22. The van der Waals surface area contributed by atoms with Crippen molar-refractivity contribution in [3.63, 3.8) is 0 Å². The van der Waals surface area contributed by atoms with Crippen molar-refractivity contribution in [1.29, 1.82) is 0 Å². The van der Waals surface area contributed by atoms with Crippen LogP contribution >= 0.6 is 11.6 Å². The molecule has 1 fully saturated rings. The Morgan fingerprint density at radius 2 is 2.10 bits per heavy atom. The summed E-state index contributed by atoms with van der Waals surface area (Å²) >= 11 is 5.83. The van der Waals surface area contributed by atoms with Crippen LogP contribution in [-0.2, 0) is 0 Å². The Kier molecular flexibility index (Phi) is 3.64. The van der Waals surface area contributed by atoms with Gasteiger partial charge in [-0.05, 0) is 55.5 Å². The minimum Gasteiger partial charge on any atom is -0.319 e. The monoisotopic (exact) mass is 304 g/mol. The molecule has 0 spiro atoms. The highest BCUT2D eigenvalue weighted by Gasteiger charge is 2.24. The molecule has 1 aromatic carbocycles. The van der Waals surface area contributed by atoms with Crippen LogP contribution in [0.2, 0.25) is 5.15 Å². The van der Waals surface area contributed by atoms with Gasteiger partial charge in [-0.15, -0.1) is 0 Å². The largest absolute Gasteiger partial charge is 0.319 e. The molecule has 108 valence electrons. The molecular weight excluding hydrogens is 291 g/mol. The van der Waals surface area contributed by atoms with Crippen molar-refractivity contribution in [1.82, 2.24) is 4.98 Å². The van der Waals surface area contributed by atoms with Gasteiger partial charge in [-0.3, -0.25) is 4.79 Å². The minimum atomic E-state index is -0.412. The number of nitrogens with one attached hydrogen (secondary N) is 1. The van der Waals surface area contributed by atoms with Gasteiger partial charge in [0, 0.05) is 11.3 Å². The molecule has 0 aliphatic heterocycles. The third kappa shape index (κ3) is 3.22. The van der Waals surface area contributed by atoms with Crippen LogP contribution in [0.25, 0.3) is 0 Å². The van der Waals surface area contributed by atoms with Gasteiger partial charge in [0.25, 0.3) is 5.91 Å². The Labute approximate surface area is 127 Å². The molecule has 0 unspecified atom stereocenters. The molecule has 1 N–H and O–H groups in total. The number of aromatic nitrogens is 1. The van der Waals surface area contributed by atoms with Crippen LogP contribution < -0.4 is 5.32 Å². The van der Waals surface area contributed by atoms with Crippen molar-refractivity contribution in [3.8, 4) is 0 Å². The maximum atomic E-state index is 14.0. The van der Waals surface area contributed by atoms with E-state index in [1.54, 1.807) is 19.1 Å². The molecule has 21 heavy (non-hydrogen) atoms. The zero-order valence-electron chi connectivity index (χ0n) is 11.5. The Hall–Kier alpha value is -1.94. The number of hydrogen-bond donors (Lipinski definition) is 1. The lowest BCUT2D eigenvalue weighted by Crippen LogP contribution is -2.13. The summed E-state index contributed by atoms with van der Waals surface area (Å²) in [5.41, 5.74) is 2.17. The van der Waals surface area contributed by atoms with E-state index in [1.165, 1.54) is 12.1 Å². The van der Waals surface area contributed by atoms with Crippen molar-refractivity contribution in [2.75, 3.05) is 5.32 Å². The van der Waals surface area contributed by atoms with E-state index in [0.29, 0.717) is 17.2 Å². The van der Waals surface area contributed by atoms with Crippen molar-refractivity contribution >= 4 is 23.2 Å². The molecule has 0 atom stereocenters. The fraction of sp³-hybridized carbons (Fsp3) is 0.250. The van der Waals surface area contributed by atoms with E-state index >= 15 is 0 Å². The lowest BCUT2D eigenvalue weighted by atomic mass is 10.1. The third-order valence-electron chi connectivity index (χ3n) is 3.47. The van der Waals surface area contributed by atoms with Crippen LogP contribution in [0.4, 0.5) is 10.1 Å². The van der Waals surface area contributed by atoms with Crippen molar-refractivity contribution in [2.24, 2.45) is 0 Å². The van der Waals surface area contributed by atoms with Gasteiger partial charge in [-0.25, -0.2) is 9.37 Å². The summed E-state index contributed by atoms with van der Waals surface area (Å²) in [5, 5.41) is 2.81. The number of carbonyl (C=O) groups excluding carboxylic acids is 1. The maximum absolute atomic E-state index is 14.0. The number of halogens is 2. The van der Waals surface area contributed by atoms with Crippen molar-refractivity contribution in [3.05, 3.63) is 58.1 Å². The lowest BCUT2D eigenvalue weighted by Gasteiger charge is -2.08. The lowest BCUT2D eigenvalue weighted by molar-refractivity contribution is 0.102. The first kappa shape index (κ1) is 14.0. The molecular formula is C16H14ClFN2O. The van der Waals surface area contributed by atoms with Gasteiger partial charge in [0.2, 0.25) is 0 Å². The second-order valence-corrected chi connectivity index (χ2v) is 5.67. The molecule has 5 heteroatoms. The van der Waals surface area contributed by atoms with Crippen LogP contribution in [0, 0.1) is 12.7 Å². The van der Waals surface area contributed by atoms with E-state index in [-0.39, 0.29) is 10.8 Å². The molecule has 3 rings (SSSR count). The molecule has 1 amide bonds. The van der Waals surface area contributed by atoms with E-state index in [1.807, 2.05) is 6.07 Å². The Morgan fingerprint density at radius 3 is 2.71 bits per heavy atom. The normalized spacial score (nSPS) is 14.0. The van der Waals surface area contributed by atoms with E-state index in [0.717, 1.165) is 18.4 Å². The zero-order valence-corrected chi connectivity index (χ0v) is 12.2. The Balaban J connectivity index is 1.80. The molecule has 0 bridgehead atoms. The van der Waals surface area contributed by atoms with Gasteiger partial charge < -0.3 is 5.32 Å². The van der Waals surface area contributed by atoms with Gasteiger partial charge in [0.05, 0.1) is 5.69 Å². The van der Waals surface area contributed by atoms with Gasteiger partial charge >= 0.3 is 0 Å². The molecule has 3 nitrogen and oxygen atoms in total. The van der Waals surface area contributed by atoms with E-state index in [9.17, 15) is 9.18 Å². The molecule has 1 heterocycles. The summed E-state index contributed by atoms with van der Waals surface area (Å²) in [7, 11) is 0. The first-order valence-electron chi connectivity index (χ1n) is 6.78. The van der Waals surface area contributed by atoms with Gasteiger partial charge in [0.15, 0.2) is 0 Å². The fourth-order valence-electron chi connectivity index (χ4n) is 2.26. The molecule has 0 radical (unpaired) electrons. The summed E-state index contributed by atoms with van der Waals surface area (Å²) in [5.74, 6) is -0.337.